The van der Waals surface area contributed by atoms with Crippen molar-refractivity contribution in [3.05, 3.63) is 12.2 Å². The third kappa shape index (κ3) is 5.38. The number of nitrogens with zero attached hydrogens (tertiary/aromatic N) is 2. The van der Waals surface area contributed by atoms with E-state index in [2.05, 4.69) is 29.0 Å². The second-order valence-electron chi connectivity index (χ2n) is 6.04. The summed E-state index contributed by atoms with van der Waals surface area (Å²) in [6.07, 6.45) is 4.89. The Morgan fingerprint density at radius 3 is 2.77 bits per heavy atom. The van der Waals surface area contributed by atoms with Crippen molar-refractivity contribution in [3.63, 3.8) is 0 Å². The SMILES string of the molecule is C/C=C\CNC(=O)C1(CN(CC)CCOC)CCN(CC)C1. The van der Waals surface area contributed by atoms with Crippen molar-refractivity contribution in [2.45, 2.75) is 27.2 Å². The van der Waals surface area contributed by atoms with Gasteiger partial charge in [0.2, 0.25) is 5.91 Å². The van der Waals surface area contributed by atoms with E-state index in [-0.39, 0.29) is 11.3 Å². The van der Waals surface area contributed by atoms with E-state index in [1.807, 2.05) is 19.1 Å². The number of likely N-dealkylation sites (tertiary alicyclic amines) is 1. The third-order valence-electron chi connectivity index (χ3n) is 4.56. The molecular formula is C17H33N3O2. The highest BCUT2D eigenvalue weighted by Gasteiger charge is 2.44. The lowest BCUT2D eigenvalue weighted by molar-refractivity contribution is -0.131. The predicted molar refractivity (Wildman–Crippen MR) is 91.0 cm³/mol. The Morgan fingerprint density at radius 1 is 1.45 bits per heavy atom. The first kappa shape index (κ1) is 19.1. The fraction of sp³-hybridized carbons (Fsp3) is 0.824. The largest absolute Gasteiger partial charge is 0.383 e. The number of methoxy groups -OCH3 is 1. The molecule has 0 bridgehead atoms. The lowest BCUT2D eigenvalue weighted by atomic mass is 9.85. The van der Waals surface area contributed by atoms with Gasteiger partial charge in [-0.3, -0.25) is 4.79 Å². The van der Waals surface area contributed by atoms with Gasteiger partial charge in [-0.2, -0.15) is 0 Å². The number of carbonyl (C=O) groups excluding carboxylic acids is 1. The molecule has 0 aliphatic carbocycles. The van der Waals surface area contributed by atoms with E-state index in [1.165, 1.54) is 0 Å². The predicted octanol–water partition coefficient (Wildman–Crippen LogP) is 1.36. The summed E-state index contributed by atoms with van der Waals surface area (Å²) in [6.45, 7) is 13.1. The van der Waals surface area contributed by atoms with Crippen LogP contribution in [0.2, 0.25) is 0 Å². The van der Waals surface area contributed by atoms with E-state index >= 15 is 0 Å². The van der Waals surface area contributed by atoms with Crippen molar-refractivity contribution in [1.82, 2.24) is 15.1 Å². The van der Waals surface area contributed by atoms with E-state index in [0.29, 0.717) is 13.2 Å². The van der Waals surface area contributed by atoms with Crippen LogP contribution in [0.1, 0.15) is 27.2 Å². The van der Waals surface area contributed by atoms with Crippen LogP contribution in [0, 0.1) is 5.41 Å². The molecule has 1 heterocycles. The van der Waals surface area contributed by atoms with Crippen LogP contribution >= 0.6 is 0 Å². The van der Waals surface area contributed by atoms with Gasteiger partial charge in [0.05, 0.1) is 12.0 Å². The Morgan fingerprint density at radius 2 is 2.23 bits per heavy atom. The molecule has 1 amide bonds. The molecule has 0 saturated carbocycles. The van der Waals surface area contributed by atoms with E-state index in [4.69, 9.17) is 4.74 Å². The number of likely N-dealkylation sites (N-methyl/N-ethyl adjacent to an activating group) is 1. The highest BCUT2D eigenvalue weighted by molar-refractivity contribution is 5.83. The fourth-order valence-electron chi connectivity index (χ4n) is 3.07. The van der Waals surface area contributed by atoms with E-state index in [0.717, 1.165) is 45.7 Å². The van der Waals surface area contributed by atoms with Gasteiger partial charge in [-0.15, -0.1) is 0 Å². The number of amides is 1. The van der Waals surface area contributed by atoms with Crippen LogP contribution in [0.5, 0.6) is 0 Å². The van der Waals surface area contributed by atoms with Crippen LogP contribution in [-0.2, 0) is 9.53 Å². The van der Waals surface area contributed by atoms with Gasteiger partial charge in [-0.1, -0.05) is 26.0 Å². The number of hydrogen-bond donors (Lipinski definition) is 1. The first-order valence-electron chi connectivity index (χ1n) is 8.45. The van der Waals surface area contributed by atoms with Crippen LogP contribution in [-0.4, -0.2) is 75.2 Å². The molecule has 1 unspecified atom stereocenters. The standard InChI is InChI=1S/C17H33N3O2/c1-5-8-10-18-16(21)17(9-11-19(6-2)14-17)15-20(7-3)12-13-22-4/h5,8H,6-7,9-15H2,1-4H3,(H,18,21)/b8-5-. The summed E-state index contributed by atoms with van der Waals surface area (Å²) in [5, 5.41) is 3.09. The van der Waals surface area contributed by atoms with Gasteiger partial charge < -0.3 is 19.9 Å². The van der Waals surface area contributed by atoms with Crippen LogP contribution in [0.25, 0.3) is 0 Å². The summed E-state index contributed by atoms with van der Waals surface area (Å²) in [7, 11) is 1.72. The number of nitrogens with one attached hydrogen (secondary N) is 1. The molecule has 0 aromatic rings. The minimum atomic E-state index is -0.290. The molecule has 5 heteroatoms. The van der Waals surface area contributed by atoms with Crippen molar-refractivity contribution >= 4 is 5.91 Å². The van der Waals surface area contributed by atoms with Crippen molar-refractivity contribution in [1.29, 1.82) is 0 Å². The first-order valence-corrected chi connectivity index (χ1v) is 8.45. The molecule has 1 rings (SSSR count). The van der Waals surface area contributed by atoms with Gasteiger partial charge in [0.15, 0.2) is 0 Å². The molecule has 1 aliphatic heterocycles. The Hall–Kier alpha value is -0.910. The minimum Gasteiger partial charge on any atom is -0.383 e. The van der Waals surface area contributed by atoms with Crippen molar-refractivity contribution in [2.75, 3.05) is 59.5 Å². The van der Waals surface area contributed by atoms with Crippen molar-refractivity contribution in [2.24, 2.45) is 5.41 Å². The quantitative estimate of drug-likeness (QED) is 0.619. The Labute approximate surface area is 135 Å². The number of ether oxygens (including phenoxy) is 1. The molecule has 1 N–H and O–H groups in total. The zero-order valence-corrected chi connectivity index (χ0v) is 14.7. The zero-order chi connectivity index (χ0) is 16.4. The van der Waals surface area contributed by atoms with Crippen molar-refractivity contribution < 1.29 is 9.53 Å². The monoisotopic (exact) mass is 311 g/mol. The van der Waals surface area contributed by atoms with Gasteiger partial charge >= 0.3 is 0 Å². The van der Waals surface area contributed by atoms with E-state index in [1.54, 1.807) is 7.11 Å². The molecular weight excluding hydrogens is 278 g/mol. The summed E-state index contributed by atoms with van der Waals surface area (Å²) in [6, 6.07) is 0. The zero-order valence-electron chi connectivity index (χ0n) is 14.7. The van der Waals surface area contributed by atoms with Crippen molar-refractivity contribution in [3.8, 4) is 0 Å². The van der Waals surface area contributed by atoms with Crippen LogP contribution in [0.3, 0.4) is 0 Å². The Kier molecular flexibility index (Phi) is 8.68. The summed E-state index contributed by atoms with van der Waals surface area (Å²) in [4.78, 5) is 17.5. The van der Waals surface area contributed by atoms with Crippen LogP contribution < -0.4 is 5.32 Å². The third-order valence-corrected chi connectivity index (χ3v) is 4.56. The number of rotatable bonds is 10. The molecule has 1 atom stereocenters. The normalized spacial score (nSPS) is 22.8. The number of hydrogen-bond acceptors (Lipinski definition) is 4. The molecule has 5 nitrogen and oxygen atoms in total. The smallest absolute Gasteiger partial charge is 0.229 e. The molecule has 0 aromatic carbocycles. The molecule has 1 aliphatic rings. The summed E-state index contributed by atoms with van der Waals surface area (Å²) in [5.74, 6) is 0.192. The lowest BCUT2D eigenvalue weighted by Crippen LogP contribution is -2.50. The maximum atomic E-state index is 12.8. The maximum absolute atomic E-state index is 12.8. The molecule has 0 aromatic heterocycles. The van der Waals surface area contributed by atoms with Gasteiger partial charge in [0, 0.05) is 33.3 Å². The lowest BCUT2D eigenvalue weighted by Gasteiger charge is -2.33. The molecule has 22 heavy (non-hydrogen) atoms. The van der Waals surface area contributed by atoms with Gasteiger partial charge in [0.1, 0.15) is 0 Å². The average molecular weight is 311 g/mol. The van der Waals surface area contributed by atoms with Crippen LogP contribution in [0.4, 0.5) is 0 Å². The molecule has 1 fully saturated rings. The second-order valence-corrected chi connectivity index (χ2v) is 6.04. The minimum absolute atomic E-state index is 0.192. The fourth-order valence-corrected chi connectivity index (χ4v) is 3.07. The van der Waals surface area contributed by atoms with Gasteiger partial charge in [-0.05, 0) is 33.0 Å². The Balaban J connectivity index is 2.75. The maximum Gasteiger partial charge on any atom is 0.229 e. The number of allylic oxidation sites excluding steroid dienone is 1. The number of carbonyl (C=O) groups is 1. The first-order chi connectivity index (χ1) is 10.6. The molecule has 128 valence electrons. The topological polar surface area (TPSA) is 44.8 Å². The average Bonchev–Trinajstić information content (AvgIpc) is 2.96. The van der Waals surface area contributed by atoms with Gasteiger partial charge in [0.25, 0.3) is 0 Å². The highest BCUT2D eigenvalue weighted by atomic mass is 16.5. The molecule has 0 radical (unpaired) electrons. The van der Waals surface area contributed by atoms with E-state index < -0.39 is 0 Å². The summed E-state index contributed by atoms with van der Waals surface area (Å²) < 4.78 is 5.19. The van der Waals surface area contributed by atoms with Gasteiger partial charge in [-0.25, -0.2) is 0 Å². The highest BCUT2D eigenvalue weighted by Crippen LogP contribution is 2.32. The molecule has 1 saturated heterocycles. The van der Waals surface area contributed by atoms with E-state index in [9.17, 15) is 4.79 Å². The second kappa shape index (κ2) is 9.98. The summed E-state index contributed by atoms with van der Waals surface area (Å²) >= 11 is 0. The summed E-state index contributed by atoms with van der Waals surface area (Å²) in [5.41, 5.74) is -0.290. The Bertz CT molecular complexity index is 360. The molecule has 0 spiro atoms. The van der Waals surface area contributed by atoms with Crippen LogP contribution in [0.15, 0.2) is 12.2 Å².